The number of rotatable bonds is 11. The highest BCUT2D eigenvalue weighted by Crippen LogP contribution is 2.36. The molecule has 5 rings (SSSR count). The summed E-state index contributed by atoms with van der Waals surface area (Å²) in [6.45, 7) is 10.7. The number of hydrogen-bond acceptors (Lipinski definition) is 5. The summed E-state index contributed by atoms with van der Waals surface area (Å²) in [5, 5.41) is 2.33. The van der Waals surface area contributed by atoms with Gasteiger partial charge in [-0.1, -0.05) is 82.7 Å². The highest BCUT2D eigenvalue weighted by Gasteiger charge is 2.36. The molecule has 0 spiro atoms. The van der Waals surface area contributed by atoms with Crippen molar-refractivity contribution in [1.29, 1.82) is 0 Å². The number of likely N-dealkylation sites (tertiary alicyclic amines) is 1. The number of fused-ring (bicyclic) bond motifs is 1. The molecule has 238 valence electrons. The van der Waals surface area contributed by atoms with Crippen molar-refractivity contribution in [2.75, 3.05) is 26.3 Å². The van der Waals surface area contributed by atoms with Gasteiger partial charge < -0.3 is 23.8 Å². The predicted molar refractivity (Wildman–Crippen MR) is 183 cm³/mol. The second-order valence-corrected chi connectivity index (χ2v) is 13.5. The minimum atomic E-state index is -0.556. The Balaban J connectivity index is 1.23. The van der Waals surface area contributed by atoms with Crippen molar-refractivity contribution in [2.24, 2.45) is 0 Å². The fourth-order valence-electron chi connectivity index (χ4n) is 5.70. The number of amides is 1. The van der Waals surface area contributed by atoms with Crippen molar-refractivity contribution in [1.82, 2.24) is 4.90 Å². The van der Waals surface area contributed by atoms with Gasteiger partial charge in [-0.3, -0.25) is 0 Å². The van der Waals surface area contributed by atoms with Crippen LogP contribution in [0.5, 0.6) is 5.75 Å². The molecule has 1 amide bonds. The van der Waals surface area contributed by atoms with E-state index in [1.165, 1.54) is 16.5 Å². The third-order valence-corrected chi connectivity index (χ3v) is 8.73. The number of piperidine rings is 1. The summed E-state index contributed by atoms with van der Waals surface area (Å²) in [4.78, 5) is 14.8. The largest absolute Gasteiger partial charge is 0.494 e. The molecule has 7 heteroatoms. The summed E-state index contributed by atoms with van der Waals surface area (Å²) in [6.07, 6.45) is 0.924. The van der Waals surface area contributed by atoms with E-state index in [-0.39, 0.29) is 24.2 Å². The SMILES string of the molecule is CC(OC1CN(C(=O)OC(C)(C)C)CCC1c1ccc(OCCCOCc2ccccc2)cc1)c1ccc2cccc(Br)c2c1. The Hall–Kier alpha value is -3.39. The number of nitrogens with zero attached hydrogens (tertiary/aromatic N) is 1. The first-order chi connectivity index (χ1) is 21.7. The summed E-state index contributed by atoms with van der Waals surface area (Å²) in [5.41, 5.74) is 2.89. The lowest BCUT2D eigenvalue weighted by molar-refractivity contribution is -0.0590. The van der Waals surface area contributed by atoms with Gasteiger partial charge in [-0.05, 0) is 85.8 Å². The van der Waals surface area contributed by atoms with Gasteiger partial charge >= 0.3 is 6.09 Å². The molecule has 1 heterocycles. The molecule has 0 radical (unpaired) electrons. The molecule has 3 atom stereocenters. The molecule has 3 unspecified atom stereocenters. The third kappa shape index (κ3) is 9.32. The van der Waals surface area contributed by atoms with Crippen LogP contribution in [0.3, 0.4) is 0 Å². The average Bonchev–Trinajstić information content (AvgIpc) is 3.03. The van der Waals surface area contributed by atoms with E-state index in [0.717, 1.165) is 34.0 Å². The van der Waals surface area contributed by atoms with Crippen molar-refractivity contribution in [3.63, 3.8) is 0 Å². The van der Waals surface area contributed by atoms with Gasteiger partial charge in [0.2, 0.25) is 0 Å². The van der Waals surface area contributed by atoms with E-state index in [1.54, 1.807) is 4.90 Å². The molecule has 1 saturated heterocycles. The number of benzene rings is 4. The Morgan fingerprint density at radius 3 is 2.49 bits per heavy atom. The molecule has 1 aliphatic rings. The Labute approximate surface area is 275 Å². The van der Waals surface area contributed by atoms with Crippen molar-refractivity contribution < 1.29 is 23.7 Å². The zero-order chi connectivity index (χ0) is 31.8. The van der Waals surface area contributed by atoms with Crippen LogP contribution in [0, 0.1) is 0 Å². The molecule has 4 aromatic rings. The topological polar surface area (TPSA) is 57.2 Å². The monoisotopic (exact) mass is 673 g/mol. The molecular weight excluding hydrogens is 630 g/mol. The molecule has 0 aliphatic carbocycles. The molecule has 1 fully saturated rings. The van der Waals surface area contributed by atoms with Gasteiger partial charge in [0.25, 0.3) is 0 Å². The minimum Gasteiger partial charge on any atom is -0.494 e. The minimum absolute atomic E-state index is 0.124. The molecule has 1 aliphatic heterocycles. The maximum absolute atomic E-state index is 13.0. The van der Waals surface area contributed by atoms with Gasteiger partial charge in [0.15, 0.2) is 0 Å². The smallest absolute Gasteiger partial charge is 0.410 e. The van der Waals surface area contributed by atoms with E-state index in [4.69, 9.17) is 18.9 Å². The molecule has 0 saturated carbocycles. The predicted octanol–water partition coefficient (Wildman–Crippen LogP) is 9.46. The molecule has 4 aromatic carbocycles. The second-order valence-electron chi connectivity index (χ2n) is 12.7. The zero-order valence-electron chi connectivity index (χ0n) is 26.7. The number of ether oxygens (including phenoxy) is 4. The highest BCUT2D eigenvalue weighted by atomic mass is 79.9. The van der Waals surface area contributed by atoms with Crippen LogP contribution in [0.2, 0.25) is 0 Å². The zero-order valence-corrected chi connectivity index (χ0v) is 28.3. The first-order valence-electron chi connectivity index (χ1n) is 15.8. The van der Waals surface area contributed by atoms with Gasteiger partial charge in [-0.15, -0.1) is 0 Å². The van der Waals surface area contributed by atoms with Crippen LogP contribution in [0.25, 0.3) is 10.8 Å². The normalized spacial score (nSPS) is 17.7. The lowest BCUT2D eigenvalue weighted by Gasteiger charge is -2.40. The molecule has 6 nitrogen and oxygen atoms in total. The van der Waals surface area contributed by atoms with E-state index in [9.17, 15) is 4.79 Å². The number of hydrogen-bond donors (Lipinski definition) is 0. The number of carbonyl (C=O) groups is 1. The lowest BCUT2D eigenvalue weighted by Crippen LogP contribution is -2.48. The first kappa shape index (κ1) is 33.0. The van der Waals surface area contributed by atoms with Gasteiger partial charge in [0.1, 0.15) is 11.4 Å². The summed E-state index contributed by atoms with van der Waals surface area (Å²) in [7, 11) is 0. The van der Waals surface area contributed by atoms with E-state index in [2.05, 4.69) is 77.5 Å². The van der Waals surface area contributed by atoms with Crippen LogP contribution in [-0.2, 0) is 20.8 Å². The van der Waals surface area contributed by atoms with Crippen molar-refractivity contribution in [3.05, 3.63) is 112 Å². The van der Waals surface area contributed by atoms with Crippen molar-refractivity contribution in [2.45, 2.75) is 70.9 Å². The van der Waals surface area contributed by atoms with Crippen LogP contribution >= 0.6 is 15.9 Å². The first-order valence-corrected chi connectivity index (χ1v) is 16.6. The maximum Gasteiger partial charge on any atom is 0.410 e. The lowest BCUT2D eigenvalue weighted by atomic mass is 9.86. The molecule has 0 aromatic heterocycles. The van der Waals surface area contributed by atoms with Crippen LogP contribution in [-0.4, -0.2) is 49.0 Å². The summed E-state index contributed by atoms with van der Waals surface area (Å²) >= 11 is 3.69. The Morgan fingerprint density at radius 2 is 1.73 bits per heavy atom. The van der Waals surface area contributed by atoms with E-state index < -0.39 is 5.60 Å². The van der Waals surface area contributed by atoms with Crippen LogP contribution in [0.1, 0.15) is 69.2 Å². The quantitative estimate of drug-likeness (QED) is 0.148. The molecular formula is C38H44BrNO5. The van der Waals surface area contributed by atoms with E-state index >= 15 is 0 Å². The number of halogens is 1. The molecule has 45 heavy (non-hydrogen) atoms. The van der Waals surface area contributed by atoms with Gasteiger partial charge in [0, 0.05) is 23.4 Å². The summed E-state index contributed by atoms with van der Waals surface area (Å²) in [6, 6.07) is 31.2. The molecule has 0 bridgehead atoms. The fourth-order valence-corrected chi connectivity index (χ4v) is 6.20. The molecule has 0 N–H and O–H groups in total. The summed E-state index contributed by atoms with van der Waals surface area (Å²) < 4.78 is 25.4. The third-order valence-electron chi connectivity index (χ3n) is 8.03. The second kappa shape index (κ2) is 15.3. The Bertz CT molecular complexity index is 1540. The maximum atomic E-state index is 13.0. The van der Waals surface area contributed by atoms with Gasteiger partial charge in [-0.2, -0.15) is 0 Å². The van der Waals surface area contributed by atoms with E-state index in [0.29, 0.717) is 32.9 Å². The Kier molecular flexibility index (Phi) is 11.2. The van der Waals surface area contributed by atoms with Crippen molar-refractivity contribution >= 4 is 32.8 Å². The Morgan fingerprint density at radius 1 is 0.956 bits per heavy atom. The van der Waals surface area contributed by atoms with Crippen LogP contribution < -0.4 is 4.74 Å². The van der Waals surface area contributed by atoms with E-state index in [1.807, 2.05) is 57.2 Å². The average molecular weight is 675 g/mol. The number of carbonyl (C=O) groups excluding carboxylic acids is 1. The fraction of sp³-hybridized carbons (Fsp3) is 0.395. The van der Waals surface area contributed by atoms with Gasteiger partial charge in [-0.25, -0.2) is 4.79 Å². The highest BCUT2D eigenvalue weighted by molar-refractivity contribution is 9.10. The standard InChI is InChI=1S/C38H44BrNO5/c1-27(31-15-14-29-12-8-13-35(39)34(29)24-31)44-36-25-40(37(41)45-38(2,3)4)21-20-33(36)30-16-18-32(19-17-30)43-23-9-22-42-26-28-10-6-5-7-11-28/h5-8,10-19,24,27,33,36H,9,20-23,25-26H2,1-4H3. The van der Waals surface area contributed by atoms with Crippen molar-refractivity contribution in [3.8, 4) is 5.75 Å². The van der Waals surface area contributed by atoms with Crippen LogP contribution in [0.15, 0.2) is 95.5 Å². The summed E-state index contributed by atoms with van der Waals surface area (Å²) in [5.74, 6) is 0.958. The van der Waals surface area contributed by atoms with Crippen LogP contribution in [0.4, 0.5) is 4.79 Å². The van der Waals surface area contributed by atoms with Gasteiger partial charge in [0.05, 0.1) is 38.6 Å².